The van der Waals surface area contributed by atoms with E-state index in [2.05, 4.69) is 65.1 Å². The number of hydrogen-bond acceptors (Lipinski definition) is 2. The van der Waals surface area contributed by atoms with Crippen LogP contribution in [0.25, 0.3) is 34.7 Å². The van der Waals surface area contributed by atoms with Crippen LogP contribution in [-0.4, -0.2) is 10.9 Å². The lowest BCUT2D eigenvalue weighted by atomic mass is 9.99. The second-order valence-electron chi connectivity index (χ2n) is 8.20. The third kappa shape index (κ3) is 10.6. The highest BCUT2D eigenvalue weighted by molar-refractivity contribution is 14.0. The van der Waals surface area contributed by atoms with Crippen LogP contribution in [0.4, 0.5) is 0 Å². The third-order valence-electron chi connectivity index (χ3n) is 5.33. The molecule has 0 aliphatic carbocycles. The number of carbonyl (C=O) groups is 1. The van der Waals surface area contributed by atoms with Gasteiger partial charge in [0.25, 0.3) is 0 Å². The fourth-order valence-electron chi connectivity index (χ4n) is 3.00. The van der Waals surface area contributed by atoms with E-state index >= 15 is 0 Å². The second-order valence-corrected chi connectivity index (χ2v) is 8.20. The van der Waals surface area contributed by atoms with E-state index in [4.69, 9.17) is 5.11 Å². The minimum Gasteiger partial charge on any atom is -0.508 e. The SMILES string of the molecule is C=c1cccc2ccc3cccc(=C)c3c12.CC(=O)c1ccc(O)cc1.CCCC.CCCC.I. The maximum Gasteiger partial charge on any atom is 0.159 e. The molecule has 0 aliphatic heterocycles. The zero-order valence-electron chi connectivity index (χ0n) is 21.9. The van der Waals surface area contributed by atoms with Crippen molar-refractivity contribution in [2.75, 3.05) is 0 Å². The summed E-state index contributed by atoms with van der Waals surface area (Å²) in [6, 6.07) is 22.9. The van der Waals surface area contributed by atoms with Crippen LogP contribution < -0.4 is 10.4 Å². The molecule has 0 heterocycles. The first-order chi connectivity index (χ1) is 16.3. The van der Waals surface area contributed by atoms with Crippen molar-refractivity contribution in [2.45, 2.75) is 60.3 Å². The molecule has 1 N–H and O–H groups in total. The number of aromatic hydroxyl groups is 1. The van der Waals surface area contributed by atoms with Crippen LogP contribution in [0.1, 0.15) is 70.7 Å². The molecule has 0 radical (unpaired) electrons. The van der Waals surface area contributed by atoms with Crippen LogP contribution in [0.15, 0.2) is 72.8 Å². The Labute approximate surface area is 228 Å². The summed E-state index contributed by atoms with van der Waals surface area (Å²) >= 11 is 0. The fourth-order valence-corrected chi connectivity index (χ4v) is 3.00. The van der Waals surface area contributed by atoms with Gasteiger partial charge < -0.3 is 5.11 Å². The molecule has 0 atom stereocenters. The molecule has 4 rings (SSSR count). The monoisotopic (exact) mass is 584 g/mol. The normalized spacial score (nSPS) is 9.40. The van der Waals surface area contributed by atoms with E-state index < -0.39 is 0 Å². The molecular formula is C32H41IO2. The van der Waals surface area contributed by atoms with E-state index in [1.165, 1.54) is 66.3 Å². The lowest BCUT2D eigenvalue weighted by Gasteiger charge is -2.04. The summed E-state index contributed by atoms with van der Waals surface area (Å²) in [5.41, 5.74) is 0.623. The van der Waals surface area contributed by atoms with Gasteiger partial charge in [-0.05, 0) is 63.2 Å². The number of ketones is 1. The minimum absolute atomic E-state index is 0. The van der Waals surface area contributed by atoms with Gasteiger partial charge in [-0.15, -0.1) is 24.0 Å². The zero-order chi connectivity index (χ0) is 25.5. The van der Waals surface area contributed by atoms with Gasteiger partial charge in [0.15, 0.2) is 5.78 Å². The summed E-state index contributed by atoms with van der Waals surface area (Å²) in [6.07, 6.45) is 5.28. The summed E-state index contributed by atoms with van der Waals surface area (Å²) in [6.45, 7) is 18.4. The van der Waals surface area contributed by atoms with Gasteiger partial charge in [0.05, 0.1) is 0 Å². The lowest BCUT2D eigenvalue weighted by molar-refractivity contribution is 0.101. The van der Waals surface area contributed by atoms with Crippen molar-refractivity contribution in [3.63, 3.8) is 0 Å². The van der Waals surface area contributed by atoms with Crippen LogP contribution in [0.3, 0.4) is 0 Å². The number of rotatable bonds is 3. The van der Waals surface area contributed by atoms with Crippen LogP contribution in [-0.2, 0) is 0 Å². The number of halogens is 1. The Kier molecular flexibility index (Phi) is 16.4. The Morgan fingerprint density at radius 1 is 0.657 bits per heavy atom. The van der Waals surface area contributed by atoms with Crippen LogP contribution in [0.5, 0.6) is 5.75 Å². The molecule has 0 unspecified atom stereocenters. The highest BCUT2D eigenvalue weighted by Crippen LogP contribution is 2.19. The van der Waals surface area contributed by atoms with E-state index in [1.54, 1.807) is 12.1 Å². The highest BCUT2D eigenvalue weighted by Gasteiger charge is 2.01. The van der Waals surface area contributed by atoms with Crippen molar-refractivity contribution in [3.05, 3.63) is 88.8 Å². The Balaban J connectivity index is 0.000000524. The fraction of sp³-hybridized carbons (Fsp3) is 0.281. The summed E-state index contributed by atoms with van der Waals surface area (Å²) in [5, 5.41) is 15.9. The summed E-state index contributed by atoms with van der Waals surface area (Å²) < 4.78 is 0. The quantitative estimate of drug-likeness (QED) is 0.149. The van der Waals surface area contributed by atoms with Gasteiger partial charge in [-0.25, -0.2) is 0 Å². The Morgan fingerprint density at radius 3 is 1.34 bits per heavy atom. The van der Waals surface area contributed by atoms with Crippen LogP contribution in [0, 0.1) is 0 Å². The number of fused-ring (bicyclic) bond motifs is 3. The molecule has 0 saturated heterocycles. The first-order valence-corrected chi connectivity index (χ1v) is 12.2. The molecule has 3 heteroatoms. The Hall–Kier alpha value is -2.66. The number of benzene rings is 4. The smallest absolute Gasteiger partial charge is 0.159 e. The Morgan fingerprint density at radius 2 is 1.03 bits per heavy atom. The minimum atomic E-state index is 0. The van der Waals surface area contributed by atoms with Gasteiger partial charge >= 0.3 is 0 Å². The van der Waals surface area contributed by atoms with Gasteiger partial charge in [0.2, 0.25) is 0 Å². The lowest BCUT2D eigenvalue weighted by Crippen LogP contribution is -2.05. The maximum atomic E-state index is 10.7. The molecule has 4 aromatic carbocycles. The summed E-state index contributed by atoms with van der Waals surface area (Å²) in [5.74, 6) is 0.199. The number of hydrogen-bond donors (Lipinski definition) is 1. The molecule has 0 aromatic heterocycles. The average Bonchev–Trinajstić information content (AvgIpc) is 2.85. The number of Topliss-reactive ketones (excluding diaryl/α,β-unsaturated/α-hetero) is 1. The predicted octanol–water partition coefficient (Wildman–Crippen LogP) is 8.64. The van der Waals surface area contributed by atoms with Crippen molar-refractivity contribution in [1.82, 2.24) is 0 Å². The molecule has 0 fully saturated rings. The number of carbonyl (C=O) groups excluding carboxylic acids is 1. The summed E-state index contributed by atoms with van der Waals surface area (Å²) in [4.78, 5) is 10.7. The van der Waals surface area contributed by atoms with E-state index in [-0.39, 0.29) is 35.5 Å². The van der Waals surface area contributed by atoms with Crippen LogP contribution in [0.2, 0.25) is 0 Å². The molecule has 35 heavy (non-hydrogen) atoms. The highest BCUT2D eigenvalue weighted by atomic mass is 127. The zero-order valence-corrected chi connectivity index (χ0v) is 24.3. The summed E-state index contributed by atoms with van der Waals surface area (Å²) in [7, 11) is 0. The largest absolute Gasteiger partial charge is 0.508 e. The number of phenolic OH excluding ortho intramolecular Hbond substituents is 1. The first-order valence-electron chi connectivity index (χ1n) is 12.2. The van der Waals surface area contributed by atoms with Gasteiger partial charge in [0.1, 0.15) is 5.75 Å². The van der Waals surface area contributed by atoms with E-state index in [1.807, 2.05) is 24.3 Å². The number of phenols is 1. The van der Waals surface area contributed by atoms with Crippen molar-refractivity contribution in [2.24, 2.45) is 0 Å². The first kappa shape index (κ1) is 32.3. The van der Waals surface area contributed by atoms with Crippen molar-refractivity contribution >= 4 is 64.5 Å². The predicted molar refractivity (Wildman–Crippen MR) is 166 cm³/mol. The molecule has 4 aromatic rings. The maximum absolute atomic E-state index is 10.7. The third-order valence-corrected chi connectivity index (χ3v) is 5.33. The molecule has 0 amide bonds. The molecular weight excluding hydrogens is 543 g/mol. The molecule has 0 spiro atoms. The molecule has 0 saturated carbocycles. The van der Waals surface area contributed by atoms with Crippen LogP contribution >= 0.6 is 24.0 Å². The standard InChI is InChI=1S/C16H12.C8H8O2.2C4H10.HI/c1-11-5-3-7-13-9-10-14-8-4-6-12(2)16(14)15(11)13;1-6(9)7-2-4-8(10)5-3-7;2*1-3-4-2;/h3-10H,1-2H2;2-5,10H,1H3;2*3-4H2,1-2H3;1H. The molecule has 188 valence electrons. The molecule has 0 bridgehead atoms. The number of unbranched alkanes of at least 4 members (excludes halogenated alkanes) is 2. The van der Waals surface area contributed by atoms with E-state index in [0.29, 0.717) is 5.56 Å². The van der Waals surface area contributed by atoms with E-state index in [9.17, 15) is 4.79 Å². The van der Waals surface area contributed by atoms with Gasteiger partial charge in [-0.2, -0.15) is 0 Å². The van der Waals surface area contributed by atoms with Crippen molar-refractivity contribution < 1.29 is 9.90 Å². The van der Waals surface area contributed by atoms with Gasteiger partial charge in [-0.1, -0.05) is 115 Å². The van der Waals surface area contributed by atoms with Gasteiger partial charge in [0, 0.05) is 5.56 Å². The Bertz CT molecular complexity index is 1180. The molecule has 0 aliphatic rings. The van der Waals surface area contributed by atoms with Gasteiger partial charge in [-0.3, -0.25) is 4.79 Å². The second kappa shape index (κ2) is 17.7. The van der Waals surface area contributed by atoms with Crippen molar-refractivity contribution in [1.29, 1.82) is 0 Å². The average molecular weight is 585 g/mol. The molecule has 2 nitrogen and oxygen atoms in total. The van der Waals surface area contributed by atoms with Crippen molar-refractivity contribution in [3.8, 4) is 5.75 Å². The topological polar surface area (TPSA) is 37.3 Å². The van der Waals surface area contributed by atoms with E-state index in [0.717, 1.165) is 10.4 Å².